The van der Waals surface area contributed by atoms with Crippen molar-refractivity contribution in [3.63, 3.8) is 0 Å². The van der Waals surface area contributed by atoms with Crippen LogP contribution in [0.25, 0.3) is 5.69 Å². The molecular weight excluding hydrogens is 229 g/mol. The van der Waals surface area contributed by atoms with E-state index in [0.29, 0.717) is 6.54 Å². The van der Waals surface area contributed by atoms with Crippen LogP contribution in [0.5, 0.6) is 0 Å². The monoisotopic (exact) mass is 247 g/mol. The molecule has 0 aliphatic heterocycles. The minimum Gasteiger partial charge on any atom is -0.325 e. The molecule has 0 unspecified atom stereocenters. The fourth-order valence-electron chi connectivity index (χ4n) is 1.74. The highest BCUT2D eigenvalue weighted by atomic mass is 19.1. The number of hydrogen-bond donors (Lipinski definition) is 1. The molecule has 2 rings (SSSR count). The summed E-state index contributed by atoms with van der Waals surface area (Å²) in [5, 5.41) is 4.57. The van der Waals surface area contributed by atoms with Gasteiger partial charge < -0.3 is 5.73 Å². The first-order valence-corrected chi connectivity index (χ1v) is 5.97. The topological polar surface area (TPSA) is 43.8 Å². The Labute approximate surface area is 106 Å². The van der Waals surface area contributed by atoms with Crippen molar-refractivity contribution in [3.05, 3.63) is 47.5 Å². The van der Waals surface area contributed by atoms with Crippen molar-refractivity contribution in [2.24, 2.45) is 5.73 Å². The number of aromatic nitrogens is 2. The van der Waals surface area contributed by atoms with Crippen molar-refractivity contribution in [1.29, 1.82) is 0 Å². The molecule has 1 aromatic heterocycles. The van der Waals surface area contributed by atoms with Gasteiger partial charge in [-0.25, -0.2) is 9.07 Å². The van der Waals surface area contributed by atoms with Gasteiger partial charge >= 0.3 is 0 Å². The average molecular weight is 247 g/mol. The van der Waals surface area contributed by atoms with Gasteiger partial charge in [-0.15, -0.1) is 0 Å². The zero-order chi connectivity index (χ0) is 13.3. The molecule has 0 radical (unpaired) electrons. The summed E-state index contributed by atoms with van der Waals surface area (Å²) in [6.45, 7) is 6.71. The number of halogens is 1. The summed E-state index contributed by atoms with van der Waals surface area (Å²) in [6.07, 6.45) is 0. The second-order valence-corrected chi connectivity index (χ2v) is 5.36. The molecule has 0 bridgehead atoms. The van der Waals surface area contributed by atoms with E-state index in [1.165, 1.54) is 12.1 Å². The van der Waals surface area contributed by atoms with E-state index >= 15 is 0 Å². The Morgan fingerprint density at radius 3 is 2.33 bits per heavy atom. The molecule has 0 spiro atoms. The van der Waals surface area contributed by atoms with Gasteiger partial charge in [-0.3, -0.25) is 0 Å². The Balaban J connectivity index is 2.50. The number of rotatable bonds is 2. The first-order valence-electron chi connectivity index (χ1n) is 5.97. The van der Waals surface area contributed by atoms with Crippen LogP contribution in [-0.4, -0.2) is 9.78 Å². The van der Waals surface area contributed by atoms with Crippen molar-refractivity contribution >= 4 is 0 Å². The van der Waals surface area contributed by atoms with Gasteiger partial charge in [-0.2, -0.15) is 5.10 Å². The summed E-state index contributed by atoms with van der Waals surface area (Å²) < 4.78 is 14.7. The van der Waals surface area contributed by atoms with E-state index in [2.05, 4.69) is 25.9 Å². The first kappa shape index (κ1) is 12.8. The highest BCUT2D eigenvalue weighted by Crippen LogP contribution is 2.23. The molecule has 3 nitrogen and oxygen atoms in total. The standard InChI is InChI=1S/C14H18FN3/c1-14(2,3)13-8-12(9-16)18(17-13)11-6-4-10(15)5-7-11/h4-8H,9,16H2,1-3H3. The average Bonchev–Trinajstić information content (AvgIpc) is 2.73. The highest BCUT2D eigenvalue weighted by molar-refractivity contribution is 5.34. The Morgan fingerprint density at radius 1 is 1.22 bits per heavy atom. The van der Waals surface area contributed by atoms with Gasteiger partial charge in [0.1, 0.15) is 5.82 Å². The molecule has 0 fully saturated rings. The molecular formula is C14H18FN3. The SMILES string of the molecule is CC(C)(C)c1cc(CN)n(-c2ccc(F)cc2)n1. The maximum Gasteiger partial charge on any atom is 0.123 e. The Bertz CT molecular complexity index is 535. The summed E-state index contributed by atoms with van der Waals surface area (Å²) in [5.74, 6) is -0.253. The summed E-state index contributed by atoms with van der Waals surface area (Å²) in [4.78, 5) is 0. The lowest BCUT2D eigenvalue weighted by Gasteiger charge is -2.14. The van der Waals surface area contributed by atoms with Crippen LogP contribution in [0, 0.1) is 5.82 Å². The molecule has 0 aliphatic carbocycles. The van der Waals surface area contributed by atoms with Crippen molar-refractivity contribution in [1.82, 2.24) is 9.78 Å². The minimum absolute atomic E-state index is 0.0325. The van der Waals surface area contributed by atoms with Crippen LogP contribution < -0.4 is 5.73 Å². The first-order chi connectivity index (χ1) is 8.41. The van der Waals surface area contributed by atoms with E-state index < -0.39 is 0 Å². The van der Waals surface area contributed by atoms with Crippen LogP contribution in [0.15, 0.2) is 30.3 Å². The van der Waals surface area contributed by atoms with Crippen molar-refractivity contribution < 1.29 is 4.39 Å². The largest absolute Gasteiger partial charge is 0.325 e. The van der Waals surface area contributed by atoms with E-state index in [1.54, 1.807) is 16.8 Å². The summed E-state index contributed by atoms with van der Waals surface area (Å²) in [6, 6.07) is 8.26. The van der Waals surface area contributed by atoms with Gasteiger partial charge in [-0.05, 0) is 30.3 Å². The van der Waals surface area contributed by atoms with Gasteiger partial charge in [0, 0.05) is 12.0 Å². The fourth-order valence-corrected chi connectivity index (χ4v) is 1.74. The molecule has 0 aliphatic rings. The van der Waals surface area contributed by atoms with Crippen molar-refractivity contribution in [3.8, 4) is 5.69 Å². The van der Waals surface area contributed by atoms with Gasteiger partial charge in [0.15, 0.2) is 0 Å². The normalized spacial score (nSPS) is 11.8. The lowest BCUT2D eigenvalue weighted by atomic mass is 9.92. The van der Waals surface area contributed by atoms with Gasteiger partial charge in [-0.1, -0.05) is 20.8 Å². The third kappa shape index (κ3) is 2.43. The van der Waals surface area contributed by atoms with Gasteiger partial charge in [0.2, 0.25) is 0 Å². The van der Waals surface area contributed by atoms with Gasteiger partial charge in [0.05, 0.1) is 17.1 Å². The zero-order valence-electron chi connectivity index (χ0n) is 10.9. The molecule has 0 saturated carbocycles. The number of hydrogen-bond acceptors (Lipinski definition) is 2. The molecule has 2 aromatic rings. The summed E-state index contributed by atoms with van der Waals surface area (Å²) in [5.41, 5.74) is 8.43. The molecule has 96 valence electrons. The van der Waals surface area contributed by atoms with Crippen LogP contribution in [0.4, 0.5) is 4.39 Å². The predicted octanol–water partition coefficient (Wildman–Crippen LogP) is 2.77. The van der Waals surface area contributed by atoms with Crippen LogP contribution in [-0.2, 0) is 12.0 Å². The zero-order valence-corrected chi connectivity index (χ0v) is 10.9. The van der Waals surface area contributed by atoms with E-state index in [9.17, 15) is 4.39 Å². The maximum atomic E-state index is 12.9. The van der Waals surface area contributed by atoms with E-state index in [4.69, 9.17) is 5.73 Å². The summed E-state index contributed by atoms with van der Waals surface area (Å²) in [7, 11) is 0. The fraction of sp³-hybridized carbons (Fsp3) is 0.357. The number of nitrogens with zero attached hydrogens (tertiary/aromatic N) is 2. The van der Waals surface area contributed by atoms with E-state index in [1.807, 2.05) is 6.07 Å². The van der Waals surface area contributed by atoms with E-state index in [0.717, 1.165) is 17.1 Å². The number of benzene rings is 1. The second kappa shape index (κ2) is 4.53. The minimum atomic E-state index is -0.253. The second-order valence-electron chi connectivity index (χ2n) is 5.36. The Kier molecular flexibility index (Phi) is 3.22. The molecule has 2 N–H and O–H groups in total. The van der Waals surface area contributed by atoms with Crippen LogP contribution in [0.3, 0.4) is 0 Å². The lowest BCUT2D eigenvalue weighted by Crippen LogP contribution is -2.12. The molecule has 4 heteroatoms. The van der Waals surface area contributed by atoms with E-state index in [-0.39, 0.29) is 11.2 Å². The van der Waals surface area contributed by atoms with Crippen molar-refractivity contribution in [2.75, 3.05) is 0 Å². The maximum absolute atomic E-state index is 12.9. The molecule has 1 aromatic carbocycles. The van der Waals surface area contributed by atoms with Crippen LogP contribution in [0.1, 0.15) is 32.2 Å². The third-order valence-corrected chi connectivity index (χ3v) is 2.83. The third-order valence-electron chi connectivity index (χ3n) is 2.83. The molecule has 0 atom stereocenters. The molecule has 1 heterocycles. The highest BCUT2D eigenvalue weighted by Gasteiger charge is 2.19. The van der Waals surface area contributed by atoms with Crippen molar-refractivity contribution in [2.45, 2.75) is 32.7 Å². The van der Waals surface area contributed by atoms with Gasteiger partial charge in [0.25, 0.3) is 0 Å². The molecule has 18 heavy (non-hydrogen) atoms. The smallest absolute Gasteiger partial charge is 0.123 e. The van der Waals surface area contributed by atoms with Crippen LogP contribution >= 0.6 is 0 Å². The number of nitrogens with two attached hydrogens (primary N) is 1. The molecule has 0 saturated heterocycles. The summed E-state index contributed by atoms with van der Waals surface area (Å²) >= 11 is 0. The Hall–Kier alpha value is -1.68. The lowest BCUT2D eigenvalue weighted by molar-refractivity contribution is 0.559. The quantitative estimate of drug-likeness (QED) is 0.886. The molecule has 0 amide bonds. The predicted molar refractivity (Wildman–Crippen MR) is 70.1 cm³/mol. The van der Waals surface area contributed by atoms with Crippen LogP contribution in [0.2, 0.25) is 0 Å². The Morgan fingerprint density at radius 2 is 1.83 bits per heavy atom.